The Kier molecular flexibility index (Phi) is 4.91. The van der Waals surface area contributed by atoms with E-state index in [4.69, 9.17) is 0 Å². The molecule has 4 rings (SSSR count). The summed E-state index contributed by atoms with van der Waals surface area (Å²) in [7, 11) is 0. The van der Waals surface area contributed by atoms with Crippen LogP contribution < -0.4 is 10.2 Å². The van der Waals surface area contributed by atoms with Crippen LogP contribution in [0.4, 0.5) is 5.82 Å². The Bertz CT molecular complexity index is 787. The Balaban J connectivity index is 1.32. The van der Waals surface area contributed by atoms with Crippen LogP contribution in [0.3, 0.4) is 0 Å². The van der Waals surface area contributed by atoms with E-state index in [0.29, 0.717) is 12.5 Å². The number of carbonyl (C=O) groups is 1. The van der Waals surface area contributed by atoms with Gasteiger partial charge in [-0.25, -0.2) is 9.97 Å². The van der Waals surface area contributed by atoms with Gasteiger partial charge in [-0.1, -0.05) is 6.92 Å². The monoisotopic (exact) mass is 372 g/mol. The minimum absolute atomic E-state index is 0.0267. The number of β-amino-alcohol motifs (C(OH)–C–C–N with tert-alkyl or cyclic N) is 1. The zero-order valence-electron chi connectivity index (χ0n) is 14.9. The molecule has 7 heteroatoms. The van der Waals surface area contributed by atoms with Gasteiger partial charge in [0.15, 0.2) is 0 Å². The maximum Gasteiger partial charge on any atom is 0.252 e. The summed E-state index contributed by atoms with van der Waals surface area (Å²) in [5, 5.41) is 14.8. The van der Waals surface area contributed by atoms with E-state index in [-0.39, 0.29) is 18.1 Å². The Hall–Kier alpha value is -1.99. The number of thiophene rings is 1. The summed E-state index contributed by atoms with van der Waals surface area (Å²) in [6.45, 7) is 3.57. The highest BCUT2D eigenvalue weighted by atomic mass is 32.1. The Morgan fingerprint density at radius 1 is 1.38 bits per heavy atom. The zero-order chi connectivity index (χ0) is 18.1. The second-order valence-electron chi connectivity index (χ2n) is 7.18. The third kappa shape index (κ3) is 3.59. The van der Waals surface area contributed by atoms with Crippen molar-refractivity contribution in [3.05, 3.63) is 40.0 Å². The molecular weight excluding hydrogens is 348 g/mol. The van der Waals surface area contributed by atoms with Gasteiger partial charge in [0, 0.05) is 47.1 Å². The van der Waals surface area contributed by atoms with E-state index in [0.717, 1.165) is 49.3 Å². The fourth-order valence-corrected chi connectivity index (χ4v) is 4.45. The topological polar surface area (TPSA) is 78.4 Å². The lowest BCUT2D eigenvalue weighted by atomic mass is 9.78. The van der Waals surface area contributed by atoms with Crippen molar-refractivity contribution < 1.29 is 9.90 Å². The number of amides is 1. The molecular formula is C19H24N4O2S. The van der Waals surface area contributed by atoms with Gasteiger partial charge < -0.3 is 15.3 Å². The molecule has 1 aliphatic heterocycles. The van der Waals surface area contributed by atoms with E-state index in [1.165, 1.54) is 4.88 Å². The van der Waals surface area contributed by atoms with Crippen molar-refractivity contribution in [1.29, 1.82) is 0 Å². The molecule has 138 valence electrons. The van der Waals surface area contributed by atoms with Crippen molar-refractivity contribution in [2.24, 2.45) is 0 Å². The second kappa shape index (κ2) is 7.32. The lowest BCUT2D eigenvalue weighted by Crippen LogP contribution is -2.43. The largest absolute Gasteiger partial charge is 0.391 e. The average Bonchev–Trinajstić information content (AvgIpc) is 3.26. The molecule has 2 aromatic heterocycles. The van der Waals surface area contributed by atoms with Crippen molar-refractivity contribution in [3.8, 4) is 0 Å². The van der Waals surface area contributed by atoms with Gasteiger partial charge in [0.25, 0.3) is 5.91 Å². The van der Waals surface area contributed by atoms with E-state index in [1.54, 1.807) is 17.7 Å². The van der Waals surface area contributed by atoms with Crippen LogP contribution in [0.2, 0.25) is 0 Å². The number of aliphatic hydroxyl groups excluding tert-OH is 1. The van der Waals surface area contributed by atoms with Gasteiger partial charge in [-0.2, -0.15) is 0 Å². The molecule has 0 bridgehead atoms. The van der Waals surface area contributed by atoms with Gasteiger partial charge >= 0.3 is 0 Å². The van der Waals surface area contributed by atoms with Crippen LogP contribution in [-0.2, 0) is 6.42 Å². The maximum absolute atomic E-state index is 12.3. The van der Waals surface area contributed by atoms with Crippen molar-refractivity contribution >= 4 is 23.1 Å². The first-order chi connectivity index (χ1) is 12.6. The molecule has 1 aliphatic carbocycles. The van der Waals surface area contributed by atoms with Gasteiger partial charge in [0.1, 0.15) is 12.1 Å². The van der Waals surface area contributed by atoms with Crippen LogP contribution in [0, 0.1) is 0 Å². The molecule has 2 aliphatic rings. The SMILES string of the molecule is CCc1cc(C(=O)NC2CC(c3cc(N4CC[C@H](O)C4)ncn3)C2)cs1. The Morgan fingerprint density at radius 2 is 2.23 bits per heavy atom. The average molecular weight is 372 g/mol. The minimum atomic E-state index is -0.262. The van der Waals surface area contributed by atoms with Crippen LogP contribution in [-0.4, -0.2) is 46.2 Å². The number of nitrogens with one attached hydrogen (secondary N) is 1. The quantitative estimate of drug-likeness (QED) is 0.842. The van der Waals surface area contributed by atoms with Crippen LogP contribution in [0.1, 0.15) is 53.0 Å². The lowest BCUT2D eigenvalue weighted by molar-refractivity contribution is 0.0908. The highest BCUT2D eigenvalue weighted by Crippen LogP contribution is 2.37. The molecule has 1 amide bonds. The van der Waals surface area contributed by atoms with Gasteiger partial charge in [0.2, 0.25) is 0 Å². The number of aryl methyl sites for hydroxylation is 1. The highest BCUT2D eigenvalue weighted by Gasteiger charge is 2.33. The zero-order valence-corrected chi connectivity index (χ0v) is 15.7. The highest BCUT2D eigenvalue weighted by molar-refractivity contribution is 7.10. The number of hydrogen-bond acceptors (Lipinski definition) is 6. The van der Waals surface area contributed by atoms with Gasteiger partial charge in [-0.15, -0.1) is 11.3 Å². The number of rotatable bonds is 5. The third-order valence-corrected chi connectivity index (χ3v) is 6.40. The summed E-state index contributed by atoms with van der Waals surface area (Å²) >= 11 is 1.64. The van der Waals surface area contributed by atoms with E-state index >= 15 is 0 Å². The number of nitrogens with zero attached hydrogens (tertiary/aromatic N) is 3. The summed E-state index contributed by atoms with van der Waals surface area (Å²) in [5.74, 6) is 1.28. The van der Waals surface area contributed by atoms with Gasteiger partial charge in [-0.05, 0) is 31.7 Å². The first-order valence-electron chi connectivity index (χ1n) is 9.25. The molecule has 0 unspecified atom stereocenters. The van der Waals surface area contributed by atoms with Crippen molar-refractivity contribution in [2.75, 3.05) is 18.0 Å². The van der Waals surface area contributed by atoms with E-state index in [2.05, 4.69) is 27.1 Å². The molecule has 3 heterocycles. The second-order valence-corrected chi connectivity index (χ2v) is 8.18. The molecule has 1 atom stereocenters. The molecule has 0 spiro atoms. The molecule has 1 saturated carbocycles. The molecule has 0 radical (unpaired) electrons. The normalized spacial score (nSPS) is 25.2. The number of anilines is 1. The van der Waals surface area contributed by atoms with Crippen molar-refractivity contribution in [1.82, 2.24) is 15.3 Å². The van der Waals surface area contributed by atoms with Crippen molar-refractivity contribution in [2.45, 2.75) is 50.7 Å². The Morgan fingerprint density at radius 3 is 2.92 bits per heavy atom. The predicted octanol–water partition coefficient (Wildman–Crippen LogP) is 2.35. The first kappa shape index (κ1) is 17.4. The Labute approximate surface area is 157 Å². The number of carbonyl (C=O) groups excluding carboxylic acids is 1. The van der Waals surface area contributed by atoms with Gasteiger partial charge in [-0.3, -0.25) is 4.79 Å². The molecule has 2 aromatic rings. The van der Waals surface area contributed by atoms with Crippen LogP contribution >= 0.6 is 11.3 Å². The van der Waals surface area contributed by atoms with Crippen LogP contribution in [0.15, 0.2) is 23.8 Å². The standard InChI is InChI=1S/C19H24N4O2S/c1-2-16-7-13(10-26-16)19(25)22-14-5-12(6-14)17-8-18(21-11-20-17)23-4-3-15(24)9-23/h7-8,10-12,14-15,24H,2-6,9H2,1H3,(H,22,25)/t12?,14?,15-/m0/s1. The summed E-state index contributed by atoms with van der Waals surface area (Å²) in [6.07, 6.45) is 4.93. The minimum Gasteiger partial charge on any atom is -0.391 e. The molecule has 6 nitrogen and oxygen atoms in total. The van der Waals surface area contributed by atoms with E-state index in [9.17, 15) is 9.90 Å². The van der Waals surface area contributed by atoms with Crippen LogP contribution in [0.25, 0.3) is 0 Å². The number of hydrogen-bond donors (Lipinski definition) is 2. The third-order valence-electron chi connectivity index (χ3n) is 5.32. The first-order valence-corrected chi connectivity index (χ1v) is 10.1. The summed E-state index contributed by atoms with van der Waals surface area (Å²) in [4.78, 5) is 24.4. The molecule has 0 aromatic carbocycles. The molecule has 2 fully saturated rings. The van der Waals surface area contributed by atoms with Crippen molar-refractivity contribution in [3.63, 3.8) is 0 Å². The fraction of sp³-hybridized carbons (Fsp3) is 0.526. The number of aromatic nitrogens is 2. The summed E-state index contributed by atoms with van der Waals surface area (Å²) in [5.41, 5.74) is 1.80. The maximum atomic E-state index is 12.3. The summed E-state index contributed by atoms with van der Waals surface area (Å²) in [6, 6.07) is 4.23. The molecule has 1 saturated heterocycles. The van der Waals surface area contributed by atoms with E-state index in [1.807, 2.05) is 17.5 Å². The predicted molar refractivity (Wildman–Crippen MR) is 102 cm³/mol. The lowest BCUT2D eigenvalue weighted by Gasteiger charge is -2.35. The van der Waals surface area contributed by atoms with Crippen LogP contribution in [0.5, 0.6) is 0 Å². The summed E-state index contributed by atoms with van der Waals surface area (Å²) < 4.78 is 0. The van der Waals surface area contributed by atoms with Gasteiger partial charge in [0.05, 0.1) is 11.7 Å². The number of aliphatic hydroxyl groups is 1. The molecule has 2 N–H and O–H groups in total. The van der Waals surface area contributed by atoms with E-state index < -0.39 is 0 Å². The smallest absolute Gasteiger partial charge is 0.252 e. The fourth-order valence-electron chi connectivity index (χ4n) is 3.64. The molecule has 26 heavy (non-hydrogen) atoms.